The molecule has 1 aromatic carbocycles. The predicted molar refractivity (Wildman–Crippen MR) is 101 cm³/mol. The van der Waals surface area contributed by atoms with Gasteiger partial charge in [0.2, 0.25) is 0 Å². The van der Waals surface area contributed by atoms with Crippen molar-refractivity contribution in [1.29, 1.82) is 0 Å². The van der Waals surface area contributed by atoms with Crippen molar-refractivity contribution in [2.24, 2.45) is 0 Å². The Kier molecular flexibility index (Phi) is 9.92. The molecule has 0 aliphatic heterocycles. The summed E-state index contributed by atoms with van der Waals surface area (Å²) in [7, 11) is 1.97. The van der Waals surface area contributed by atoms with Crippen molar-refractivity contribution in [2.75, 3.05) is 7.05 Å². The Morgan fingerprint density at radius 2 is 1.82 bits per heavy atom. The summed E-state index contributed by atoms with van der Waals surface area (Å²) < 4.78 is 0. The minimum absolute atomic E-state index is 0.903. The molecule has 1 nitrogen and oxygen atoms in total. The van der Waals surface area contributed by atoms with Crippen LogP contribution in [0.15, 0.2) is 79.7 Å². The van der Waals surface area contributed by atoms with Crippen LogP contribution in [0.1, 0.15) is 31.9 Å². The van der Waals surface area contributed by atoms with E-state index in [1.54, 1.807) is 6.08 Å². The largest absolute Gasteiger partial charge is 0.345 e. The van der Waals surface area contributed by atoms with E-state index >= 15 is 0 Å². The van der Waals surface area contributed by atoms with Crippen molar-refractivity contribution < 1.29 is 0 Å². The van der Waals surface area contributed by atoms with E-state index in [4.69, 9.17) is 0 Å². The third-order valence-corrected chi connectivity index (χ3v) is 3.01. The van der Waals surface area contributed by atoms with Gasteiger partial charge in [-0.15, -0.1) is 5.73 Å². The molecule has 0 heterocycles. The smallest absolute Gasteiger partial charge is 0.0414 e. The van der Waals surface area contributed by atoms with E-state index in [9.17, 15) is 0 Å². The van der Waals surface area contributed by atoms with Gasteiger partial charge in [0.1, 0.15) is 0 Å². The first-order valence-corrected chi connectivity index (χ1v) is 7.50. The summed E-state index contributed by atoms with van der Waals surface area (Å²) >= 11 is 0. The number of likely N-dealkylation sites (N-methyl/N-ethyl adjacent to an activating group) is 1. The van der Waals surface area contributed by atoms with E-state index in [1.807, 2.05) is 81.3 Å². The van der Waals surface area contributed by atoms with Crippen LogP contribution < -0.4 is 0 Å². The first-order chi connectivity index (χ1) is 10.7. The quantitative estimate of drug-likeness (QED) is 0.455. The molecule has 0 saturated carbocycles. The lowest BCUT2D eigenvalue weighted by Crippen LogP contribution is -2.14. The molecule has 0 fully saturated rings. The number of hydrogen-bond acceptors (Lipinski definition) is 1. The zero-order chi connectivity index (χ0) is 17.0. The van der Waals surface area contributed by atoms with Crippen molar-refractivity contribution in [3.05, 3.63) is 90.9 Å². The van der Waals surface area contributed by atoms with E-state index in [0.29, 0.717) is 0 Å². The molecule has 0 saturated heterocycles. The zero-order valence-electron chi connectivity index (χ0n) is 14.3. The van der Waals surface area contributed by atoms with Crippen LogP contribution in [0.5, 0.6) is 0 Å². The fraction of sp³-hybridized carbons (Fsp3) is 0.190. The van der Waals surface area contributed by atoms with Gasteiger partial charge in [0, 0.05) is 24.0 Å². The molecule has 0 N–H and O–H groups in total. The molecular weight excluding hydrogens is 266 g/mol. The van der Waals surface area contributed by atoms with Gasteiger partial charge in [-0.25, -0.2) is 0 Å². The van der Waals surface area contributed by atoms with Crippen molar-refractivity contribution >= 4 is 11.8 Å². The van der Waals surface area contributed by atoms with Gasteiger partial charge in [-0.2, -0.15) is 0 Å². The summed E-state index contributed by atoms with van der Waals surface area (Å²) in [5.41, 5.74) is 7.02. The van der Waals surface area contributed by atoms with Crippen molar-refractivity contribution in [3.63, 3.8) is 0 Å². The van der Waals surface area contributed by atoms with Gasteiger partial charge in [-0.05, 0) is 36.8 Å². The third kappa shape index (κ3) is 5.47. The Morgan fingerprint density at radius 1 is 1.18 bits per heavy atom. The van der Waals surface area contributed by atoms with Crippen molar-refractivity contribution in [2.45, 2.75) is 20.8 Å². The van der Waals surface area contributed by atoms with Crippen LogP contribution in [0.3, 0.4) is 0 Å². The summed E-state index contributed by atoms with van der Waals surface area (Å²) in [5, 5.41) is 0. The minimum Gasteiger partial charge on any atom is -0.345 e. The summed E-state index contributed by atoms with van der Waals surface area (Å²) in [6.07, 6.45) is 9.31. The van der Waals surface area contributed by atoms with Crippen LogP contribution in [-0.4, -0.2) is 11.9 Å². The monoisotopic (exact) mass is 293 g/mol. The normalized spacial score (nSPS) is 9.55. The van der Waals surface area contributed by atoms with Crippen LogP contribution in [0.2, 0.25) is 0 Å². The summed E-state index contributed by atoms with van der Waals surface area (Å²) in [6.45, 7) is 17.8. The standard InChI is InChI=1S/C19H21N.C2H6/c1-6-9-10-14-18(8-3)20(5)16(4)19-15-12-11-13-17(19)7-2;1-2/h6-8,10-15H,2-4H2,1,5H3;1-2H3/b18-14+;. The second-order valence-electron chi connectivity index (χ2n) is 4.21. The molecule has 1 heteroatoms. The van der Waals surface area contributed by atoms with Gasteiger partial charge in [-0.1, -0.05) is 63.9 Å². The molecule has 1 rings (SSSR count). The molecule has 0 spiro atoms. The number of benzene rings is 1. The first-order valence-electron chi connectivity index (χ1n) is 7.50. The van der Waals surface area contributed by atoms with E-state index in [1.165, 1.54) is 0 Å². The summed E-state index contributed by atoms with van der Waals surface area (Å²) in [5.74, 6) is 0. The van der Waals surface area contributed by atoms with Gasteiger partial charge in [0.05, 0.1) is 0 Å². The SMILES string of the molecule is C=C/C(=C\C=C=CC)N(C)C(=C)c1ccccc1C=C.CC. The second kappa shape index (κ2) is 11.2. The fourth-order valence-electron chi connectivity index (χ4n) is 1.82. The Balaban J connectivity index is 0.00000211. The molecule has 0 aliphatic carbocycles. The molecule has 0 atom stereocenters. The van der Waals surface area contributed by atoms with E-state index < -0.39 is 0 Å². The van der Waals surface area contributed by atoms with Crippen LogP contribution >= 0.6 is 0 Å². The number of nitrogens with zero attached hydrogens (tertiary/aromatic N) is 1. The second-order valence-corrected chi connectivity index (χ2v) is 4.21. The highest BCUT2D eigenvalue weighted by Gasteiger charge is 2.09. The van der Waals surface area contributed by atoms with Gasteiger partial charge < -0.3 is 4.90 Å². The minimum atomic E-state index is 0.903. The lowest BCUT2D eigenvalue weighted by molar-refractivity contribution is 0.618. The summed E-state index contributed by atoms with van der Waals surface area (Å²) in [4.78, 5) is 2.00. The zero-order valence-corrected chi connectivity index (χ0v) is 14.3. The van der Waals surface area contributed by atoms with E-state index in [0.717, 1.165) is 22.5 Å². The highest BCUT2D eigenvalue weighted by Crippen LogP contribution is 2.24. The highest BCUT2D eigenvalue weighted by molar-refractivity contribution is 5.72. The Hall–Kier alpha value is -2.50. The van der Waals surface area contributed by atoms with Crippen LogP contribution in [0.25, 0.3) is 11.8 Å². The molecule has 0 amide bonds. The lowest BCUT2D eigenvalue weighted by Gasteiger charge is -2.24. The topological polar surface area (TPSA) is 3.24 Å². The molecule has 0 unspecified atom stereocenters. The van der Waals surface area contributed by atoms with E-state index in [2.05, 4.69) is 25.5 Å². The molecule has 0 radical (unpaired) electrons. The average Bonchev–Trinajstić information content (AvgIpc) is 2.59. The highest BCUT2D eigenvalue weighted by atomic mass is 15.1. The number of rotatable bonds is 6. The maximum absolute atomic E-state index is 4.18. The Bertz CT molecular complexity index is 596. The van der Waals surface area contributed by atoms with Gasteiger partial charge in [-0.3, -0.25) is 0 Å². The van der Waals surface area contributed by atoms with Gasteiger partial charge in [0.25, 0.3) is 0 Å². The van der Waals surface area contributed by atoms with Crippen LogP contribution in [-0.2, 0) is 0 Å². The Morgan fingerprint density at radius 3 is 2.36 bits per heavy atom. The molecule has 22 heavy (non-hydrogen) atoms. The molecular formula is C21H27N. The van der Waals surface area contributed by atoms with Gasteiger partial charge in [0.15, 0.2) is 0 Å². The maximum Gasteiger partial charge on any atom is 0.0414 e. The van der Waals surface area contributed by atoms with Crippen LogP contribution in [0.4, 0.5) is 0 Å². The predicted octanol–water partition coefficient (Wildman–Crippen LogP) is 6.06. The lowest BCUT2D eigenvalue weighted by atomic mass is 10.0. The average molecular weight is 293 g/mol. The molecule has 1 aromatic rings. The number of allylic oxidation sites excluding steroid dienone is 3. The van der Waals surface area contributed by atoms with Gasteiger partial charge >= 0.3 is 0 Å². The first kappa shape index (κ1) is 19.5. The van der Waals surface area contributed by atoms with Crippen molar-refractivity contribution in [3.8, 4) is 0 Å². The fourth-order valence-corrected chi connectivity index (χ4v) is 1.82. The number of hydrogen-bond donors (Lipinski definition) is 0. The molecule has 0 aliphatic rings. The molecule has 0 bridgehead atoms. The third-order valence-electron chi connectivity index (χ3n) is 3.01. The van der Waals surface area contributed by atoms with Crippen molar-refractivity contribution in [1.82, 2.24) is 4.90 Å². The summed E-state index contributed by atoms with van der Waals surface area (Å²) in [6, 6.07) is 8.06. The Labute approximate surface area is 136 Å². The molecule has 0 aromatic heterocycles. The molecule has 116 valence electrons. The maximum atomic E-state index is 4.18. The van der Waals surface area contributed by atoms with Crippen LogP contribution in [0, 0.1) is 0 Å². The van der Waals surface area contributed by atoms with E-state index in [-0.39, 0.29) is 0 Å².